The van der Waals surface area contributed by atoms with Crippen LogP contribution in [-0.4, -0.2) is 67.2 Å². The zero-order chi connectivity index (χ0) is 32.5. The minimum absolute atomic E-state index is 0.00630. The second-order valence-electron chi connectivity index (χ2n) is 14.5. The highest BCUT2D eigenvalue weighted by Gasteiger charge is 2.43. The molecule has 4 aromatic heterocycles. The van der Waals surface area contributed by atoms with Crippen LogP contribution >= 0.6 is 0 Å². The lowest BCUT2D eigenvalue weighted by Gasteiger charge is -2.49. The fourth-order valence-electron chi connectivity index (χ4n) is 7.29. The molecule has 2 saturated heterocycles. The SMILES string of the molecule is COc1cc(C(=O)N2CC3CCC2C[C@H]3NC(=O)OC(C)(C)C)cc2nc(-c3cc4ccc([C@@H](C)N)nc4n3CC3CC3)c(C)n12. The van der Waals surface area contributed by atoms with Crippen LogP contribution in [0.25, 0.3) is 28.1 Å². The average Bonchev–Trinajstić information content (AvgIpc) is 3.68. The second kappa shape index (κ2) is 11.3. The number of nitrogens with two attached hydrogens (primary N) is 1. The molecule has 11 nitrogen and oxygen atoms in total. The molecule has 2 amide bonds. The molecule has 6 heterocycles. The van der Waals surface area contributed by atoms with E-state index in [1.807, 2.05) is 62.1 Å². The number of aromatic nitrogens is 4. The molecule has 0 aromatic carbocycles. The molecule has 3 N–H and O–H groups in total. The van der Waals surface area contributed by atoms with E-state index < -0.39 is 11.7 Å². The molecule has 8 rings (SSSR count). The van der Waals surface area contributed by atoms with E-state index in [4.69, 9.17) is 25.2 Å². The Bertz CT molecular complexity index is 1830. The van der Waals surface area contributed by atoms with E-state index in [0.29, 0.717) is 36.0 Å². The van der Waals surface area contributed by atoms with Crippen molar-refractivity contribution in [2.45, 2.75) is 97.0 Å². The first kappa shape index (κ1) is 30.5. The monoisotopic (exact) mass is 627 g/mol. The van der Waals surface area contributed by atoms with E-state index in [9.17, 15) is 9.59 Å². The number of fused-ring (bicyclic) bond motifs is 5. The van der Waals surface area contributed by atoms with Gasteiger partial charge in [0.2, 0.25) is 0 Å². The molecular formula is C35H45N7O4. The smallest absolute Gasteiger partial charge is 0.407 e. The van der Waals surface area contributed by atoms with E-state index in [1.165, 1.54) is 12.8 Å². The Labute approximate surface area is 269 Å². The first-order chi connectivity index (χ1) is 21.9. The standard InChI is InChI=1S/C35H45N7O4/c1-19(36)26-12-10-22-13-28(41(32(22)37-26)17-21-7-8-21)31-20(2)42-29(39-31)14-24(15-30(42)45-6)33(43)40-18-23-9-11-25(40)16-27(23)38-34(44)46-35(3,4)5/h10,12-15,19,21,23,25,27H,7-9,11,16-18,36H2,1-6H3,(H,38,44)/t19-,23?,25?,27-/m1/s1. The summed E-state index contributed by atoms with van der Waals surface area (Å²) >= 11 is 0. The predicted octanol–water partition coefficient (Wildman–Crippen LogP) is 5.62. The van der Waals surface area contributed by atoms with Crippen LogP contribution in [-0.2, 0) is 11.3 Å². The highest BCUT2D eigenvalue weighted by Crippen LogP contribution is 2.39. The van der Waals surface area contributed by atoms with E-state index in [0.717, 1.165) is 53.2 Å². The third-order valence-corrected chi connectivity index (χ3v) is 9.79. The number of methoxy groups -OCH3 is 1. The number of alkyl carbamates (subject to hydrolysis) is 1. The van der Waals surface area contributed by atoms with E-state index in [1.54, 1.807) is 7.11 Å². The first-order valence-corrected chi connectivity index (χ1v) is 16.5. The van der Waals surface area contributed by atoms with Crippen molar-refractivity contribution in [1.82, 2.24) is 29.2 Å². The summed E-state index contributed by atoms with van der Waals surface area (Å²) in [5.41, 5.74) is 11.4. The van der Waals surface area contributed by atoms with Crippen LogP contribution in [0.2, 0.25) is 0 Å². The van der Waals surface area contributed by atoms with Crippen molar-refractivity contribution in [2.75, 3.05) is 13.7 Å². The van der Waals surface area contributed by atoms with Crippen LogP contribution in [0.15, 0.2) is 30.3 Å². The summed E-state index contributed by atoms with van der Waals surface area (Å²) < 4.78 is 15.6. The van der Waals surface area contributed by atoms with Gasteiger partial charge >= 0.3 is 6.09 Å². The van der Waals surface area contributed by atoms with E-state index in [2.05, 4.69) is 22.0 Å². The number of piperidine rings is 2. The topological polar surface area (TPSA) is 129 Å². The number of imidazole rings is 1. The number of carbonyl (C=O) groups excluding carboxylic acids is 2. The van der Waals surface area contributed by atoms with Gasteiger partial charge in [-0.15, -0.1) is 0 Å². The molecule has 4 atom stereocenters. The van der Waals surface area contributed by atoms with Crippen molar-refractivity contribution in [3.8, 4) is 17.3 Å². The summed E-state index contributed by atoms with van der Waals surface area (Å²) in [6, 6.07) is 9.83. The van der Waals surface area contributed by atoms with Gasteiger partial charge < -0.3 is 30.0 Å². The summed E-state index contributed by atoms with van der Waals surface area (Å²) in [4.78, 5) is 38.6. The Balaban J connectivity index is 1.20. The van der Waals surface area contributed by atoms with Gasteiger partial charge in [0.15, 0.2) is 5.88 Å². The number of amides is 2. The maximum absolute atomic E-state index is 14.1. The largest absolute Gasteiger partial charge is 0.482 e. The van der Waals surface area contributed by atoms with Crippen molar-refractivity contribution in [2.24, 2.45) is 17.6 Å². The molecule has 4 aromatic rings. The predicted molar refractivity (Wildman–Crippen MR) is 176 cm³/mol. The van der Waals surface area contributed by atoms with E-state index in [-0.39, 0.29) is 30.0 Å². The molecule has 0 spiro atoms. The molecule has 46 heavy (non-hydrogen) atoms. The van der Waals surface area contributed by atoms with Gasteiger partial charge in [0, 0.05) is 48.2 Å². The number of carbonyl (C=O) groups is 2. The van der Waals surface area contributed by atoms with Gasteiger partial charge in [-0.25, -0.2) is 14.8 Å². The van der Waals surface area contributed by atoms with Gasteiger partial charge in [0.1, 0.15) is 22.6 Å². The van der Waals surface area contributed by atoms with Crippen LogP contribution < -0.4 is 15.8 Å². The molecule has 4 fully saturated rings. The third kappa shape index (κ3) is 5.59. The maximum atomic E-state index is 14.1. The molecular weight excluding hydrogens is 582 g/mol. The lowest BCUT2D eigenvalue weighted by atomic mass is 9.76. The molecule has 2 saturated carbocycles. The quantitative estimate of drug-likeness (QED) is 0.272. The van der Waals surface area contributed by atoms with Gasteiger partial charge in [-0.2, -0.15) is 0 Å². The Hall–Kier alpha value is -4.12. The Morgan fingerprint density at radius 1 is 1.11 bits per heavy atom. The van der Waals surface area contributed by atoms with Crippen LogP contribution in [0.3, 0.4) is 0 Å². The van der Waals surface area contributed by atoms with Gasteiger partial charge in [-0.3, -0.25) is 9.20 Å². The van der Waals surface area contributed by atoms with Crippen molar-refractivity contribution >= 4 is 28.7 Å². The molecule has 244 valence electrons. The van der Waals surface area contributed by atoms with E-state index >= 15 is 0 Å². The van der Waals surface area contributed by atoms with Gasteiger partial charge in [0.25, 0.3) is 5.91 Å². The molecule has 4 aliphatic rings. The zero-order valence-electron chi connectivity index (χ0n) is 27.7. The lowest BCUT2D eigenvalue weighted by molar-refractivity contribution is 0.0120. The number of ether oxygens (including phenoxy) is 2. The zero-order valence-corrected chi connectivity index (χ0v) is 27.7. The Morgan fingerprint density at radius 3 is 2.54 bits per heavy atom. The highest BCUT2D eigenvalue weighted by molar-refractivity contribution is 5.96. The second-order valence-corrected chi connectivity index (χ2v) is 14.5. The van der Waals surface area contributed by atoms with Crippen molar-refractivity contribution in [3.63, 3.8) is 0 Å². The molecule has 2 unspecified atom stereocenters. The minimum Gasteiger partial charge on any atom is -0.482 e. The number of aryl methyl sites for hydroxylation is 1. The summed E-state index contributed by atoms with van der Waals surface area (Å²) in [5, 5.41) is 4.12. The van der Waals surface area contributed by atoms with Crippen LogP contribution in [0.4, 0.5) is 4.79 Å². The molecule has 2 bridgehead atoms. The normalized spacial score (nSPS) is 22.0. The molecule has 11 heteroatoms. The first-order valence-electron chi connectivity index (χ1n) is 16.5. The molecule has 2 aliphatic heterocycles. The summed E-state index contributed by atoms with van der Waals surface area (Å²) in [6.45, 7) is 11.0. The minimum atomic E-state index is -0.556. The van der Waals surface area contributed by atoms with Gasteiger partial charge in [-0.05, 0) is 103 Å². The highest BCUT2D eigenvalue weighted by atomic mass is 16.6. The van der Waals surface area contributed by atoms with Gasteiger partial charge in [-0.1, -0.05) is 0 Å². The van der Waals surface area contributed by atoms with Crippen LogP contribution in [0.1, 0.15) is 87.6 Å². The van der Waals surface area contributed by atoms with Crippen molar-refractivity contribution in [3.05, 3.63) is 47.3 Å². The average molecular weight is 628 g/mol. The Morgan fingerprint density at radius 2 is 1.89 bits per heavy atom. The fourth-order valence-corrected chi connectivity index (χ4v) is 7.29. The number of pyridine rings is 2. The summed E-state index contributed by atoms with van der Waals surface area (Å²) in [7, 11) is 1.63. The molecule has 2 aliphatic carbocycles. The van der Waals surface area contributed by atoms with Crippen molar-refractivity contribution < 1.29 is 19.1 Å². The maximum Gasteiger partial charge on any atom is 0.407 e. The summed E-state index contributed by atoms with van der Waals surface area (Å²) in [6.07, 6.45) is 4.63. The van der Waals surface area contributed by atoms with Crippen LogP contribution in [0.5, 0.6) is 5.88 Å². The Kier molecular flexibility index (Phi) is 7.49. The van der Waals surface area contributed by atoms with Crippen LogP contribution in [0, 0.1) is 18.8 Å². The van der Waals surface area contributed by atoms with Gasteiger partial charge in [0.05, 0.1) is 24.2 Å². The molecule has 0 radical (unpaired) electrons. The number of hydrogen-bond acceptors (Lipinski definition) is 7. The number of nitrogens with zero attached hydrogens (tertiary/aromatic N) is 5. The third-order valence-electron chi connectivity index (χ3n) is 9.79. The fraction of sp³-hybridized carbons (Fsp3) is 0.543. The number of nitrogens with one attached hydrogen (secondary N) is 1. The summed E-state index contributed by atoms with van der Waals surface area (Å²) in [5.74, 6) is 1.33. The number of hydrogen-bond donors (Lipinski definition) is 2. The lowest BCUT2D eigenvalue weighted by Crippen LogP contribution is -2.60. The number of rotatable bonds is 7. The van der Waals surface area contributed by atoms with Crippen molar-refractivity contribution in [1.29, 1.82) is 0 Å².